The van der Waals surface area contributed by atoms with Gasteiger partial charge in [-0.25, -0.2) is 4.57 Å². The zero-order valence-corrected chi connectivity index (χ0v) is 10.5. The van der Waals surface area contributed by atoms with E-state index in [0.717, 1.165) is 6.42 Å². The highest BCUT2D eigenvalue weighted by Crippen LogP contribution is 1.92. The number of nitrogens with one attached hydrogen (secondary N) is 1. The maximum Gasteiger partial charge on any atom is 0.226 e. The minimum Gasteiger partial charge on any atom is -0.394 e. The minimum absolute atomic E-state index is 0.0000848. The van der Waals surface area contributed by atoms with Crippen molar-refractivity contribution in [3.8, 4) is 0 Å². The first kappa shape index (κ1) is 13.6. The van der Waals surface area contributed by atoms with Crippen molar-refractivity contribution in [2.24, 2.45) is 0 Å². The van der Waals surface area contributed by atoms with Gasteiger partial charge in [-0.1, -0.05) is 6.92 Å². The van der Waals surface area contributed by atoms with Gasteiger partial charge < -0.3 is 10.4 Å². The largest absolute Gasteiger partial charge is 0.394 e. The van der Waals surface area contributed by atoms with E-state index in [1.807, 2.05) is 42.9 Å². The van der Waals surface area contributed by atoms with E-state index in [2.05, 4.69) is 5.32 Å². The molecule has 1 amide bonds. The Balaban J connectivity index is 2.35. The maximum atomic E-state index is 11.6. The normalized spacial score (nSPS) is 12.2. The van der Waals surface area contributed by atoms with Crippen LogP contribution < -0.4 is 9.88 Å². The van der Waals surface area contributed by atoms with Gasteiger partial charge in [-0.3, -0.25) is 4.79 Å². The molecule has 1 unspecified atom stereocenters. The van der Waals surface area contributed by atoms with E-state index >= 15 is 0 Å². The van der Waals surface area contributed by atoms with Crippen molar-refractivity contribution in [2.45, 2.75) is 39.3 Å². The molecule has 1 heterocycles. The molecule has 4 heteroatoms. The van der Waals surface area contributed by atoms with E-state index in [-0.39, 0.29) is 18.6 Å². The van der Waals surface area contributed by atoms with Crippen LogP contribution in [0.25, 0.3) is 0 Å². The number of aliphatic hydroxyl groups excluding tert-OH is 1. The summed E-state index contributed by atoms with van der Waals surface area (Å²) < 4.78 is 1.98. The van der Waals surface area contributed by atoms with Gasteiger partial charge in [0, 0.05) is 12.1 Å². The fourth-order valence-corrected chi connectivity index (χ4v) is 1.49. The second-order valence-electron chi connectivity index (χ2n) is 4.22. The van der Waals surface area contributed by atoms with Crippen molar-refractivity contribution >= 4 is 5.91 Å². The van der Waals surface area contributed by atoms with Crippen LogP contribution in [0.3, 0.4) is 0 Å². The highest BCUT2D eigenvalue weighted by Gasteiger charge is 2.10. The first-order valence-electron chi connectivity index (χ1n) is 6.01. The number of aliphatic hydroxyl groups is 1. The van der Waals surface area contributed by atoms with Crippen LogP contribution in [0.5, 0.6) is 0 Å². The molecule has 0 saturated heterocycles. The standard InChI is InChI=1S/C13H20N2O2/c1-3-12(10-16)14-13(17)6-9-15-7-4-11(2)5-8-15/h4-5,7-8,12,16H,3,6,9-10H2,1-2H3/p+1. The lowest BCUT2D eigenvalue weighted by Gasteiger charge is -2.12. The zero-order valence-electron chi connectivity index (χ0n) is 10.5. The number of hydrogen-bond acceptors (Lipinski definition) is 2. The summed E-state index contributed by atoms with van der Waals surface area (Å²) in [4.78, 5) is 11.6. The third-order valence-corrected chi connectivity index (χ3v) is 2.73. The number of aryl methyl sites for hydroxylation is 2. The molecule has 1 aromatic rings. The van der Waals surface area contributed by atoms with E-state index in [1.165, 1.54) is 5.56 Å². The summed E-state index contributed by atoms with van der Waals surface area (Å²) in [6, 6.07) is 3.91. The second-order valence-corrected chi connectivity index (χ2v) is 4.22. The van der Waals surface area contributed by atoms with Gasteiger partial charge in [0.15, 0.2) is 18.9 Å². The minimum atomic E-state index is -0.120. The van der Waals surface area contributed by atoms with E-state index < -0.39 is 0 Å². The van der Waals surface area contributed by atoms with Crippen LogP contribution in [0.2, 0.25) is 0 Å². The monoisotopic (exact) mass is 237 g/mol. The molecule has 0 radical (unpaired) electrons. The van der Waals surface area contributed by atoms with E-state index in [0.29, 0.717) is 13.0 Å². The SMILES string of the molecule is CCC(CO)NC(=O)CC[n+]1ccc(C)cc1. The van der Waals surface area contributed by atoms with E-state index in [1.54, 1.807) is 0 Å². The van der Waals surface area contributed by atoms with Gasteiger partial charge in [0.25, 0.3) is 0 Å². The number of nitrogens with zero attached hydrogens (tertiary/aromatic N) is 1. The van der Waals surface area contributed by atoms with Crippen molar-refractivity contribution in [3.63, 3.8) is 0 Å². The molecule has 0 saturated carbocycles. The molecule has 2 N–H and O–H groups in total. The molecule has 4 nitrogen and oxygen atoms in total. The maximum absolute atomic E-state index is 11.6. The first-order valence-corrected chi connectivity index (χ1v) is 6.01. The molecule has 1 atom stereocenters. The van der Waals surface area contributed by atoms with Crippen molar-refractivity contribution < 1.29 is 14.5 Å². The number of carbonyl (C=O) groups is 1. The summed E-state index contributed by atoms with van der Waals surface area (Å²) >= 11 is 0. The highest BCUT2D eigenvalue weighted by atomic mass is 16.3. The number of amides is 1. The van der Waals surface area contributed by atoms with Gasteiger partial charge >= 0.3 is 0 Å². The Labute approximate surface area is 102 Å². The van der Waals surface area contributed by atoms with E-state index in [9.17, 15) is 4.79 Å². The third-order valence-electron chi connectivity index (χ3n) is 2.73. The number of rotatable bonds is 6. The molecular weight excluding hydrogens is 216 g/mol. The molecule has 1 rings (SSSR count). The lowest BCUT2D eigenvalue weighted by molar-refractivity contribution is -0.695. The zero-order chi connectivity index (χ0) is 12.7. The Morgan fingerprint density at radius 3 is 2.65 bits per heavy atom. The molecule has 0 aliphatic heterocycles. The number of aromatic nitrogens is 1. The van der Waals surface area contributed by atoms with Crippen molar-refractivity contribution in [3.05, 3.63) is 30.1 Å². The summed E-state index contributed by atoms with van der Waals surface area (Å²) in [5.74, 6) is -0.0148. The molecule has 0 bridgehead atoms. The fraction of sp³-hybridized carbons (Fsp3) is 0.538. The second kappa shape index (κ2) is 7.01. The molecule has 0 aliphatic carbocycles. The fourth-order valence-electron chi connectivity index (χ4n) is 1.49. The van der Waals surface area contributed by atoms with Crippen LogP contribution in [0.1, 0.15) is 25.3 Å². The first-order chi connectivity index (χ1) is 8.15. The molecule has 94 valence electrons. The van der Waals surface area contributed by atoms with Crippen LogP contribution in [0, 0.1) is 6.92 Å². The van der Waals surface area contributed by atoms with Gasteiger partial charge in [-0.2, -0.15) is 0 Å². The van der Waals surface area contributed by atoms with Crippen LogP contribution >= 0.6 is 0 Å². The summed E-state index contributed by atoms with van der Waals surface area (Å²) in [6.45, 7) is 4.63. The van der Waals surface area contributed by atoms with Gasteiger partial charge in [-0.05, 0) is 18.9 Å². The van der Waals surface area contributed by atoms with Crippen LogP contribution in [0.15, 0.2) is 24.5 Å². The Hall–Kier alpha value is -1.42. The molecule has 0 aliphatic rings. The summed E-state index contributed by atoms with van der Waals surface area (Å²) in [7, 11) is 0. The van der Waals surface area contributed by atoms with Crippen LogP contribution in [-0.4, -0.2) is 23.7 Å². The lowest BCUT2D eigenvalue weighted by atomic mass is 10.2. The van der Waals surface area contributed by atoms with Gasteiger partial charge in [0.2, 0.25) is 5.91 Å². The van der Waals surface area contributed by atoms with Crippen molar-refractivity contribution in [1.29, 1.82) is 0 Å². The smallest absolute Gasteiger partial charge is 0.226 e. The number of carbonyl (C=O) groups excluding carboxylic acids is 1. The Morgan fingerprint density at radius 1 is 1.47 bits per heavy atom. The molecule has 1 aromatic heterocycles. The van der Waals surface area contributed by atoms with Gasteiger partial charge in [0.05, 0.1) is 19.1 Å². The predicted octanol–water partition coefficient (Wildman–Crippen LogP) is 0.560. The van der Waals surface area contributed by atoms with Crippen molar-refractivity contribution in [2.75, 3.05) is 6.61 Å². The van der Waals surface area contributed by atoms with Crippen LogP contribution in [-0.2, 0) is 11.3 Å². The third kappa shape index (κ3) is 4.95. The highest BCUT2D eigenvalue weighted by molar-refractivity contribution is 5.75. The molecule has 0 spiro atoms. The average Bonchev–Trinajstić information content (AvgIpc) is 2.35. The Kier molecular flexibility index (Phi) is 5.63. The predicted molar refractivity (Wildman–Crippen MR) is 65.3 cm³/mol. The molecule has 17 heavy (non-hydrogen) atoms. The summed E-state index contributed by atoms with van der Waals surface area (Å²) in [5.41, 5.74) is 1.21. The molecular formula is C13H21N2O2+. The van der Waals surface area contributed by atoms with Gasteiger partial charge in [0.1, 0.15) is 0 Å². The number of hydrogen-bond donors (Lipinski definition) is 2. The number of pyridine rings is 1. The molecule has 0 aromatic carbocycles. The summed E-state index contributed by atoms with van der Waals surface area (Å²) in [5, 5.41) is 11.8. The topological polar surface area (TPSA) is 53.2 Å². The van der Waals surface area contributed by atoms with E-state index in [4.69, 9.17) is 5.11 Å². The van der Waals surface area contributed by atoms with Crippen LogP contribution in [0.4, 0.5) is 0 Å². The molecule has 0 fully saturated rings. The van der Waals surface area contributed by atoms with Gasteiger partial charge in [-0.15, -0.1) is 0 Å². The summed E-state index contributed by atoms with van der Waals surface area (Å²) in [6.07, 6.45) is 5.11. The quantitative estimate of drug-likeness (QED) is 0.710. The lowest BCUT2D eigenvalue weighted by Crippen LogP contribution is -2.40. The Bertz CT molecular complexity index is 345. The van der Waals surface area contributed by atoms with Crippen molar-refractivity contribution in [1.82, 2.24) is 5.32 Å². The average molecular weight is 237 g/mol. The Morgan fingerprint density at radius 2 is 2.12 bits per heavy atom.